The van der Waals surface area contributed by atoms with Gasteiger partial charge in [0.1, 0.15) is 23.3 Å². The molecule has 5 nitrogen and oxygen atoms in total. The molecule has 1 aliphatic heterocycles. The fraction of sp³-hybridized carbons (Fsp3) is 0.318. The van der Waals surface area contributed by atoms with Crippen LogP contribution in [-0.4, -0.2) is 32.5 Å². The van der Waals surface area contributed by atoms with Crippen molar-refractivity contribution in [2.75, 3.05) is 13.2 Å². The van der Waals surface area contributed by atoms with E-state index in [9.17, 15) is 27.5 Å². The van der Waals surface area contributed by atoms with E-state index in [1.54, 1.807) is 4.68 Å². The summed E-state index contributed by atoms with van der Waals surface area (Å²) in [5, 5.41) is 9.47. The first kappa shape index (κ1) is 21.3. The Kier molecular flexibility index (Phi) is 5.97. The summed E-state index contributed by atoms with van der Waals surface area (Å²) >= 11 is 0. The monoisotopic (exact) mass is 435 g/mol. The number of hydrogen-bond acceptors (Lipinski definition) is 3. The minimum atomic E-state index is -0.753. The average Bonchev–Trinajstić information content (AvgIpc) is 2.95. The molecular weight excluding hydrogens is 414 g/mol. The Balaban J connectivity index is 1.64. The normalized spacial score (nSPS) is 14.1. The maximum atomic E-state index is 14.2. The molecule has 1 aliphatic rings. The molecule has 4 rings (SSSR count). The van der Waals surface area contributed by atoms with E-state index in [2.05, 4.69) is 0 Å². The highest BCUT2D eigenvalue weighted by Crippen LogP contribution is 2.21. The molecule has 0 fully saturated rings. The highest BCUT2D eigenvalue weighted by molar-refractivity contribution is 5.25. The second kappa shape index (κ2) is 8.68. The van der Waals surface area contributed by atoms with Gasteiger partial charge in [-0.05, 0) is 23.8 Å². The van der Waals surface area contributed by atoms with Crippen LogP contribution in [0.5, 0.6) is 0 Å². The zero-order valence-corrected chi connectivity index (χ0v) is 16.6. The number of nitrogens with zero attached hydrogens (tertiary/aromatic N) is 3. The summed E-state index contributed by atoms with van der Waals surface area (Å²) in [5.41, 5.74) is 1.53. The average molecular weight is 435 g/mol. The van der Waals surface area contributed by atoms with Gasteiger partial charge >= 0.3 is 0 Å². The van der Waals surface area contributed by atoms with Crippen molar-refractivity contribution in [3.05, 3.63) is 92.4 Å². The number of rotatable bonds is 6. The highest BCUT2D eigenvalue weighted by atomic mass is 19.1. The van der Waals surface area contributed by atoms with Crippen LogP contribution in [0.2, 0.25) is 0 Å². The number of hydrogen-bond donors (Lipinski definition) is 1. The van der Waals surface area contributed by atoms with Crippen LogP contribution in [0.25, 0.3) is 0 Å². The molecule has 2 heterocycles. The van der Waals surface area contributed by atoms with Crippen LogP contribution < -0.4 is 5.56 Å². The molecule has 0 amide bonds. The zero-order valence-electron chi connectivity index (χ0n) is 16.6. The molecule has 1 aromatic heterocycles. The van der Waals surface area contributed by atoms with E-state index in [0.717, 1.165) is 23.9 Å². The van der Waals surface area contributed by atoms with Gasteiger partial charge in [-0.15, -0.1) is 0 Å². The Morgan fingerprint density at radius 1 is 0.903 bits per heavy atom. The van der Waals surface area contributed by atoms with Gasteiger partial charge in [-0.1, -0.05) is 6.07 Å². The Morgan fingerprint density at radius 2 is 1.65 bits per heavy atom. The minimum Gasteiger partial charge on any atom is -0.394 e. The third-order valence-electron chi connectivity index (χ3n) is 5.47. The van der Waals surface area contributed by atoms with Crippen LogP contribution in [0.15, 0.2) is 41.2 Å². The van der Waals surface area contributed by atoms with E-state index >= 15 is 0 Å². The van der Waals surface area contributed by atoms with E-state index in [-0.39, 0.29) is 43.9 Å². The largest absolute Gasteiger partial charge is 0.394 e. The third kappa shape index (κ3) is 4.42. The Morgan fingerprint density at radius 3 is 2.32 bits per heavy atom. The smallest absolute Gasteiger partial charge is 0.271 e. The Bertz CT molecular complexity index is 1150. The Labute approximate surface area is 175 Å². The van der Waals surface area contributed by atoms with Gasteiger partial charge in [0.2, 0.25) is 0 Å². The van der Waals surface area contributed by atoms with Crippen molar-refractivity contribution >= 4 is 0 Å². The Hall–Kier alpha value is -2.91. The molecule has 31 heavy (non-hydrogen) atoms. The molecule has 0 bridgehead atoms. The molecule has 0 aliphatic carbocycles. The molecular formula is C22H21F4N3O2. The van der Waals surface area contributed by atoms with Crippen molar-refractivity contribution in [2.24, 2.45) is 0 Å². The lowest BCUT2D eigenvalue weighted by molar-refractivity contribution is 0.232. The second-order valence-electron chi connectivity index (χ2n) is 7.61. The predicted octanol–water partition coefficient (Wildman–Crippen LogP) is 2.81. The maximum absolute atomic E-state index is 14.2. The summed E-state index contributed by atoms with van der Waals surface area (Å²) < 4.78 is 57.4. The van der Waals surface area contributed by atoms with Gasteiger partial charge < -0.3 is 5.11 Å². The fourth-order valence-corrected chi connectivity index (χ4v) is 4.11. The molecule has 0 saturated carbocycles. The van der Waals surface area contributed by atoms with Crippen LogP contribution in [0.4, 0.5) is 17.6 Å². The number of fused-ring (bicyclic) bond motifs is 1. The van der Waals surface area contributed by atoms with E-state index < -0.39 is 23.3 Å². The number of benzene rings is 2. The van der Waals surface area contributed by atoms with Crippen LogP contribution in [0, 0.1) is 23.3 Å². The molecule has 0 unspecified atom stereocenters. The molecule has 164 valence electrons. The van der Waals surface area contributed by atoms with Crippen molar-refractivity contribution in [1.82, 2.24) is 14.3 Å². The lowest BCUT2D eigenvalue weighted by atomic mass is 10.1. The first-order valence-electron chi connectivity index (χ1n) is 9.89. The maximum Gasteiger partial charge on any atom is 0.271 e. The zero-order chi connectivity index (χ0) is 22.1. The summed E-state index contributed by atoms with van der Waals surface area (Å²) in [4.78, 5) is 15.0. The fourth-order valence-electron chi connectivity index (χ4n) is 4.11. The quantitative estimate of drug-likeness (QED) is 0.606. The first-order chi connectivity index (χ1) is 14.9. The molecule has 1 N–H and O–H groups in total. The van der Waals surface area contributed by atoms with E-state index in [4.69, 9.17) is 0 Å². The number of aliphatic hydroxyl groups is 1. The van der Waals surface area contributed by atoms with Gasteiger partial charge in [0.25, 0.3) is 5.56 Å². The third-order valence-corrected chi connectivity index (χ3v) is 5.47. The van der Waals surface area contributed by atoms with Crippen molar-refractivity contribution < 1.29 is 22.7 Å². The van der Waals surface area contributed by atoms with Crippen molar-refractivity contribution in [3.8, 4) is 0 Å². The van der Waals surface area contributed by atoms with Crippen LogP contribution in [0.3, 0.4) is 0 Å². The molecule has 0 radical (unpaired) electrons. The summed E-state index contributed by atoms with van der Waals surface area (Å²) in [7, 11) is 0. The van der Waals surface area contributed by atoms with Crippen molar-refractivity contribution in [1.29, 1.82) is 0 Å². The summed E-state index contributed by atoms with van der Waals surface area (Å²) in [5.74, 6) is -2.78. The molecule has 9 heteroatoms. The number of aromatic nitrogens is 2. The van der Waals surface area contributed by atoms with Gasteiger partial charge in [0.05, 0.1) is 25.3 Å². The lowest BCUT2D eigenvalue weighted by Gasteiger charge is -2.27. The van der Waals surface area contributed by atoms with E-state index in [0.29, 0.717) is 24.1 Å². The molecule has 2 aromatic carbocycles. The van der Waals surface area contributed by atoms with Gasteiger partial charge in [0.15, 0.2) is 0 Å². The van der Waals surface area contributed by atoms with Crippen LogP contribution in [-0.2, 0) is 32.6 Å². The van der Waals surface area contributed by atoms with E-state index in [1.807, 2.05) is 4.90 Å². The molecule has 3 aromatic rings. The molecule has 0 atom stereocenters. The highest BCUT2D eigenvalue weighted by Gasteiger charge is 2.26. The van der Waals surface area contributed by atoms with Gasteiger partial charge in [-0.25, -0.2) is 22.2 Å². The van der Waals surface area contributed by atoms with Gasteiger partial charge in [-0.2, -0.15) is 0 Å². The van der Waals surface area contributed by atoms with E-state index in [1.165, 1.54) is 22.9 Å². The van der Waals surface area contributed by atoms with Crippen LogP contribution >= 0.6 is 0 Å². The van der Waals surface area contributed by atoms with Gasteiger partial charge in [0, 0.05) is 49.4 Å². The topological polar surface area (TPSA) is 50.4 Å². The summed E-state index contributed by atoms with van der Waals surface area (Å²) in [6.07, 6.45) is 0.487. The molecule has 0 saturated heterocycles. The number of halogens is 4. The van der Waals surface area contributed by atoms with Crippen molar-refractivity contribution in [2.45, 2.75) is 32.6 Å². The number of aliphatic hydroxyl groups excluding tert-OH is 1. The standard InChI is InChI=1S/C22H21F4N3O2/c23-16-2-1-15(20(26)10-16)12-29-22(31)19-13-27(4-3-21(19)28(29)5-6-30)11-14-7-17(24)9-18(25)8-14/h1-2,7-10,30H,3-6,11-13H2. The van der Waals surface area contributed by atoms with Gasteiger partial charge in [-0.3, -0.25) is 14.4 Å². The lowest BCUT2D eigenvalue weighted by Crippen LogP contribution is -2.32. The second-order valence-corrected chi connectivity index (χ2v) is 7.61. The van der Waals surface area contributed by atoms with Crippen LogP contribution in [0.1, 0.15) is 22.4 Å². The minimum absolute atomic E-state index is 0.104. The first-order valence-corrected chi connectivity index (χ1v) is 9.89. The molecule has 0 spiro atoms. The SMILES string of the molecule is O=c1c2c(n(CCO)n1Cc1ccc(F)cc1F)CCN(Cc1cc(F)cc(F)c1)C2. The van der Waals surface area contributed by atoms with Crippen molar-refractivity contribution in [3.63, 3.8) is 0 Å². The summed E-state index contributed by atoms with van der Waals surface area (Å²) in [6.45, 7) is 0.918. The predicted molar refractivity (Wildman–Crippen MR) is 105 cm³/mol. The summed E-state index contributed by atoms with van der Waals surface area (Å²) in [6, 6.07) is 6.50.